The molecule has 0 aromatic rings. The van der Waals surface area contributed by atoms with Crippen LogP contribution >= 0.6 is 0 Å². The molecule has 2 aliphatic carbocycles. The van der Waals surface area contributed by atoms with Gasteiger partial charge in [0, 0.05) is 0 Å². The predicted molar refractivity (Wildman–Crippen MR) is 108 cm³/mol. The van der Waals surface area contributed by atoms with Crippen molar-refractivity contribution in [2.24, 2.45) is 23.7 Å². The monoisotopic (exact) mass is 330 g/mol. The first-order chi connectivity index (χ1) is 11.8. The van der Waals surface area contributed by atoms with Gasteiger partial charge in [0.1, 0.15) is 0 Å². The van der Waals surface area contributed by atoms with Crippen LogP contribution in [0.5, 0.6) is 0 Å². The summed E-state index contributed by atoms with van der Waals surface area (Å²) in [5.74, 6) is 3.84. The Balaban J connectivity index is 1.54. The lowest BCUT2D eigenvalue weighted by molar-refractivity contribution is 0.253. The lowest BCUT2D eigenvalue weighted by Gasteiger charge is -2.28. The van der Waals surface area contributed by atoms with E-state index >= 15 is 0 Å². The van der Waals surface area contributed by atoms with E-state index in [1.165, 1.54) is 89.9 Å². The summed E-state index contributed by atoms with van der Waals surface area (Å²) in [4.78, 5) is 0. The molecule has 0 amide bonds. The van der Waals surface area contributed by atoms with Gasteiger partial charge in [0.2, 0.25) is 0 Å². The van der Waals surface area contributed by atoms with Crippen molar-refractivity contribution >= 4 is 0 Å². The SMILES string of the molecule is CCCC=C[C@H]1CC[C@H](C=CCC[C@H]2CC[C@H](CCC)CC2)CC1. The van der Waals surface area contributed by atoms with Crippen LogP contribution in [0.4, 0.5) is 0 Å². The third kappa shape index (κ3) is 7.58. The van der Waals surface area contributed by atoms with Crippen LogP contribution in [-0.4, -0.2) is 0 Å². The van der Waals surface area contributed by atoms with Crippen LogP contribution in [0.25, 0.3) is 0 Å². The van der Waals surface area contributed by atoms with Gasteiger partial charge in [-0.1, -0.05) is 83.1 Å². The van der Waals surface area contributed by atoms with Gasteiger partial charge in [-0.05, 0) is 68.6 Å². The fourth-order valence-electron chi connectivity index (χ4n) is 4.82. The minimum Gasteiger partial charge on any atom is -0.0883 e. The first-order valence-electron chi connectivity index (χ1n) is 11.1. The van der Waals surface area contributed by atoms with Gasteiger partial charge in [0.05, 0.1) is 0 Å². The largest absolute Gasteiger partial charge is 0.0883 e. The minimum atomic E-state index is 0.875. The molecule has 0 radical (unpaired) electrons. The second-order valence-corrected chi connectivity index (χ2v) is 8.57. The van der Waals surface area contributed by atoms with Crippen molar-refractivity contribution in [3.8, 4) is 0 Å². The molecule has 2 saturated carbocycles. The summed E-state index contributed by atoms with van der Waals surface area (Å²) in [5.41, 5.74) is 0. The standard InChI is InChI=1S/C24H42/c1-3-5-6-10-22-17-19-24(20-18-22)12-8-7-11-23-15-13-21(9-4-2)14-16-23/h6,8,10,12,21-24H,3-5,7,9,11,13-20H2,1-2H3/t21-,22-,23-,24-. The van der Waals surface area contributed by atoms with Crippen molar-refractivity contribution in [2.75, 3.05) is 0 Å². The third-order valence-electron chi connectivity index (χ3n) is 6.49. The quantitative estimate of drug-likeness (QED) is 0.375. The molecule has 0 bridgehead atoms. The zero-order valence-corrected chi connectivity index (χ0v) is 16.5. The van der Waals surface area contributed by atoms with Gasteiger partial charge in [-0.15, -0.1) is 0 Å². The first-order valence-corrected chi connectivity index (χ1v) is 11.1. The Bertz CT molecular complexity index is 348. The molecule has 2 fully saturated rings. The lowest BCUT2D eigenvalue weighted by Crippen LogP contribution is -2.14. The van der Waals surface area contributed by atoms with Crippen LogP contribution in [0.2, 0.25) is 0 Å². The van der Waals surface area contributed by atoms with Crippen LogP contribution in [0, 0.1) is 23.7 Å². The highest BCUT2D eigenvalue weighted by Gasteiger charge is 2.20. The van der Waals surface area contributed by atoms with Crippen molar-refractivity contribution < 1.29 is 0 Å². The number of allylic oxidation sites excluding steroid dienone is 4. The fourth-order valence-corrected chi connectivity index (χ4v) is 4.82. The minimum absolute atomic E-state index is 0.875. The van der Waals surface area contributed by atoms with E-state index in [9.17, 15) is 0 Å². The van der Waals surface area contributed by atoms with Crippen LogP contribution in [-0.2, 0) is 0 Å². The Kier molecular flexibility index (Phi) is 9.85. The molecular weight excluding hydrogens is 288 g/mol. The zero-order chi connectivity index (χ0) is 17.0. The van der Waals surface area contributed by atoms with Crippen LogP contribution < -0.4 is 0 Å². The molecule has 0 aromatic carbocycles. The van der Waals surface area contributed by atoms with Crippen LogP contribution in [0.15, 0.2) is 24.3 Å². The number of hydrogen-bond acceptors (Lipinski definition) is 0. The van der Waals surface area contributed by atoms with E-state index in [1.807, 2.05) is 0 Å². The maximum absolute atomic E-state index is 2.56. The van der Waals surface area contributed by atoms with Crippen molar-refractivity contribution in [2.45, 2.75) is 104 Å². The smallest absolute Gasteiger partial charge is 0.0233 e. The molecule has 0 aromatic heterocycles. The van der Waals surface area contributed by atoms with E-state index in [4.69, 9.17) is 0 Å². The molecule has 2 aliphatic rings. The Labute approximate surface area is 152 Å². The lowest BCUT2D eigenvalue weighted by atomic mass is 9.78. The maximum atomic E-state index is 2.56. The Hall–Kier alpha value is -0.520. The summed E-state index contributed by atoms with van der Waals surface area (Å²) >= 11 is 0. The summed E-state index contributed by atoms with van der Waals surface area (Å²) in [7, 11) is 0. The molecule has 138 valence electrons. The van der Waals surface area contributed by atoms with Gasteiger partial charge >= 0.3 is 0 Å². The van der Waals surface area contributed by atoms with Crippen molar-refractivity contribution in [1.29, 1.82) is 0 Å². The topological polar surface area (TPSA) is 0 Å². The highest BCUT2D eigenvalue weighted by molar-refractivity contribution is 4.96. The van der Waals surface area contributed by atoms with Crippen molar-refractivity contribution in [3.63, 3.8) is 0 Å². The average molecular weight is 331 g/mol. The summed E-state index contributed by atoms with van der Waals surface area (Å²) in [6.45, 7) is 4.61. The Morgan fingerprint density at radius 1 is 0.583 bits per heavy atom. The van der Waals surface area contributed by atoms with Gasteiger partial charge in [-0.2, -0.15) is 0 Å². The molecule has 0 heteroatoms. The number of unbranched alkanes of at least 4 members (excludes halogenated alkanes) is 1. The Morgan fingerprint density at radius 2 is 1.08 bits per heavy atom. The summed E-state index contributed by atoms with van der Waals surface area (Å²) in [5, 5.41) is 0. The first kappa shape index (κ1) is 19.8. The average Bonchev–Trinajstić information content (AvgIpc) is 2.62. The van der Waals surface area contributed by atoms with Gasteiger partial charge in [-0.3, -0.25) is 0 Å². The van der Waals surface area contributed by atoms with E-state index in [2.05, 4.69) is 38.2 Å². The number of rotatable bonds is 9. The normalized spacial score (nSPS) is 31.9. The van der Waals surface area contributed by atoms with Crippen molar-refractivity contribution in [1.82, 2.24) is 0 Å². The summed E-state index contributed by atoms with van der Waals surface area (Å²) in [6, 6.07) is 0. The Morgan fingerprint density at radius 3 is 1.58 bits per heavy atom. The van der Waals surface area contributed by atoms with Crippen LogP contribution in [0.1, 0.15) is 104 Å². The zero-order valence-electron chi connectivity index (χ0n) is 16.5. The molecule has 0 aliphatic heterocycles. The molecular formula is C24H42. The van der Waals surface area contributed by atoms with E-state index in [0.717, 1.165) is 23.7 Å². The highest BCUT2D eigenvalue weighted by atomic mass is 14.3. The highest BCUT2D eigenvalue weighted by Crippen LogP contribution is 2.34. The van der Waals surface area contributed by atoms with Gasteiger partial charge < -0.3 is 0 Å². The second-order valence-electron chi connectivity index (χ2n) is 8.57. The fraction of sp³-hybridized carbons (Fsp3) is 0.833. The van der Waals surface area contributed by atoms with E-state index in [0.29, 0.717) is 0 Å². The number of hydrogen-bond donors (Lipinski definition) is 0. The molecule has 0 atom stereocenters. The van der Waals surface area contributed by atoms with Gasteiger partial charge in [0.15, 0.2) is 0 Å². The van der Waals surface area contributed by atoms with E-state index in [1.54, 1.807) is 0 Å². The van der Waals surface area contributed by atoms with E-state index in [-0.39, 0.29) is 0 Å². The second kappa shape index (κ2) is 11.9. The molecule has 0 heterocycles. The summed E-state index contributed by atoms with van der Waals surface area (Å²) < 4.78 is 0. The molecule has 0 N–H and O–H groups in total. The van der Waals surface area contributed by atoms with Crippen LogP contribution in [0.3, 0.4) is 0 Å². The predicted octanol–water partition coefficient (Wildman–Crippen LogP) is 8.09. The molecule has 24 heavy (non-hydrogen) atoms. The molecule has 0 saturated heterocycles. The molecule has 0 nitrogen and oxygen atoms in total. The van der Waals surface area contributed by atoms with Crippen molar-refractivity contribution in [3.05, 3.63) is 24.3 Å². The third-order valence-corrected chi connectivity index (χ3v) is 6.49. The summed E-state index contributed by atoms with van der Waals surface area (Å²) in [6.07, 6.45) is 29.9. The maximum Gasteiger partial charge on any atom is -0.0233 e. The van der Waals surface area contributed by atoms with Gasteiger partial charge in [-0.25, -0.2) is 0 Å². The molecule has 0 spiro atoms. The molecule has 2 rings (SSSR count). The molecule has 0 unspecified atom stereocenters. The van der Waals surface area contributed by atoms with Gasteiger partial charge in [0.25, 0.3) is 0 Å². The van der Waals surface area contributed by atoms with E-state index < -0.39 is 0 Å².